The summed E-state index contributed by atoms with van der Waals surface area (Å²) in [5.74, 6) is -3.64. The first-order chi connectivity index (χ1) is 10.9. The summed E-state index contributed by atoms with van der Waals surface area (Å²) in [6.07, 6.45) is 0. The van der Waals surface area contributed by atoms with Gasteiger partial charge >= 0.3 is 11.9 Å². The number of imide groups is 1. The number of carbonyl (C=O) groups excluding carboxylic acids is 4. The van der Waals surface area contributed by atoms with Crippen molar-refractivity contribution in [1.29, 1.82) is 0 Å². The zero-order valence-electron chi connectivity index (χ0n) is 11.8. The Hall–Kier alpha value is -3.30. The van der Waals surface area contributed by atoms with Gasteiger partial charge in [-0.05, 0) is 6.07 Å². The van der Waals surface area contributed by atoms with E-state index in [4.69, 9.17) is 0 Å². The number of benzene rings is 1. The Morgan fingerprint density at radius 1 is 1.22 bits per heavy atom. The fourth-order valence-corrected chi connectivity index (χ4v) is 1.98. The summed E-state index contributed by atoms with van der Waals surface area (Å²) in [5.41, 5.74) is -1.06. The van der Waals surface area contributed by atoms with Crippen molar-refractivity contribution in [3.63, 3.8) is 0 Å². The molecule has 1 aliphatic rings. The van der Waals surface area contributed by atoms with Crippen LogP contribution < -0.4 is 0 Å². The van der Waals surface area contributed by atoms with Crippen LogP contribution in [0.2, 0.25) is 0 Å². The Morgan fingerprint density at radius 3 is 2.52 bits per heavy atom. The molecule has 0 atom stereocenters. The molecule has 0 aromatic heterocycles. The molecule has 120 valence electrons. The van der Waals surface area contributed by atoms with Gasteiger partial charge in [0, 0.05) is 6.07 Å². The van der Waals surface area contributed by atoms with Crippen molar-refractivity contribution in [2.45, 2.75) is 0 Å². The molecule has 0 fully saturated rings. The van der Waals surface area contributed by atoms with Crippen LogP contribution in [0.15, 0.2) is 18.2 Å². The fourth-order valence-electron chi connectivity index (χ4n) is 1.98. The molecule has 10 heteroatoms. The minimum Gasteiger partial charge on any atom is -0.466 e. The number of nitrogens with zero attached hydrogens (tertiary/aromatic N) is 2. The Morgan fingerprint density at radius 2 is 1.91 bits per heavy atom. The number of nitro groups is 1. The Labute approximate surface area is 128 Å². The largest absolute Gasteiger partial charge is 0.466 e. The molecule has 0 saturated carbocycles. The van der Waals surface area contributed by atoms with Crippen LogP contribution in [0.4, 0.5) is 5.69 Å². The number of hydrogen-bond acceptors (Lipinski definition) is 8. The van der Waals surface area contributed by atoms with Gasteiger partial charge in [0.15, 0.2) is 6.61 Å². The van der Waals surface area contributed by atoms with E-state index in [2.05, 4.69) is 9.47 Å². The first-order valence-corrected chi connectivity index (χ1v) is 6.22. The summed E-state index contributed by atoms with van der Waals surface area (Å²) < 4.78 is 8.80. The van der Waals surface area contributed by atoms with Crippen molar-refractivity contribution >= 4 is 29.4 Å². The molecule has 0 saturated heterocycles. The summed E-state index contributed by atoms with van der Waals surface area (Å²) in [6.45, 7) is -1.43. The van der Waals surface area contributed by atoms with Crippen molar-refractivity contribution in [1.82, 2.24) is 4.90 Å². The van der Waals surface area contributed by atoms with Gasteiger partial charge in [-0.1, -0.05) is 6.07 Å². The molecule has 2 amide bonds. The second-order valence-electron chi connectivity index (χ2n) is 4.39. The molecular formula is C13H10N2O8. The third-order valence-electron chi connectivity index (χ3n) is 3.04. The molecule has 0 aliphatic carbocycles. The highest BCUT2D eigenvalue weighted by atomic mass is 16.6. The molecule has 1 aliphatic heterocycles. The summed E-state index contributed by atoms with van der Waals surface area (Å²) in [6, 6.07) is 3.60. The third-order valence-corrected chi connectivity index (χ3v) is 3.04. The van der Waals surface area contributed by atoms with Crippen molar-refractivity contribution in [3.8, 4) is 0 Å². The molecule has 0 spiro atoms. The molecule has 1 aromatic rings. The highest BCUT2D eigenvalue weighted by Crippen LogP contribution is 2.30. The van der Waals surface area contributed by atoms with Crippen LogP contribution >= 0.6 is 0 Å². The van der Waals surface area contributed by atoms with E-state index in [-0.39, 0.29) is 11.1 Å². The Bertz CT molecular complexity index is 727. The highest BCUT2D eigenvalue weighted by molar-refractivity contribution is 6.24. The molecule has 0 bridgehead atoms. The van der Waals surface area contributed by atoms with Gasteiger partial charge in [-0.25, -0.2) is 4.79 Å². The van der Waals surface area contributed by atoms with Crippen molar-refractivity contribution in [3.05, 3.63) is 39.4 Å². The molecule has 10 nitrogen and oxygen atoms in total. The number of hydrogen-bond donors (Lipinski definition) is 0. The van der Waals surface area contributed by atoms with Crippen LogP contribution in [-0.2, 0) is 19.1 Å². The molecule has 23 heavy (non-hydrogen) atoms. The average Bonchev–Trinajstić information content (AvgIpc) is 2.77. The second-order valence-corrected chi connectivity index (χ2v) is 4.39. The molecule has 2 rings (SSSR count). The molecule has 0 N–H and O–H groups in total. The molecule has 1 heterocycles. The summed E-state index contributed by atoms with van der Waals surface area (Å²) in [5, 5.41) is 10.9. The van der Waals surface area contributed by atoms with E-state index in [9.17, 15) is 29.3 Å². The van der Waals surface area contributed by atoms with Crippen LogP contribution in [-0.4, -0.2) is 53.8 Å². The maximum atomic E-state index is 12.2. The van der Waals surface area contributed by atoms with Gasteiger partial charge in [0.25, 0.3) is 17.5 Å². The first-order valence-electron chi connectivity index (χ1n) is 6.22. The lowest BCUT2D eigenvalue weighted by molar-refractivity contribution is -0.385. The molecular weight excluding hydrogens is 312 g/mol. The van der Waals surface area contributed by atoms with E-state index in [0.29, 0.717) is 4.90 Å². The summed E-state index contributed by atoms with van der Waals surface area (Å²) in [7, 11) is 1.10. The van der Waals surface area contributed by atoms with E-state index < -0.39 is 47.5 Å². The van der Waals surface area contributed by atoms with Gasteiger partial charge in [-0.2, -0.15) is 0 Å². The minimum atomic E-state index is -1.02. The number of fused-ring (bicyclic) bond motifs is 1. The van der Waals surface area contributed by atoms with E-state index >= 15 is 0 Å². The number of ether oxygens (including phenoxy) is 2. The van der Waals surface area contributed by atoms with E-state index in [1.807, 2.05) is 0 Å². The van der Waals surface area contributed by atoms with Gasteiger partial charge in [-0.3, -0.25) is 29.4 Å². The zero-order valence-corrected chi connectivity index (χ0v) is 11.8. The van der Waals surface area contributed by atoms with Gasteiger partial charge in [-0.15, -0.1) is 0 Å². The Balaban J connectivity index is 2.18. The van der Waals surface area contributed by atoms with Crippen LogP contribution in [0, 0.1) is 10.1 Å². The predicted molar refractivity (Wildman–Crippen MR) is 71.4 cm³/mol. The van der Waals surface area contributed by atoms with Crippen LogP contribution in [0.25, 0.3) is 0 Å². The second kappa shape index (κ2) is 6.22. The van der Waals surface area contributed by atoms with E-state index in [0.717, 1.165) is 13.2 Å². The zero-order chi connectivity index (χ0) is 17.1. The summed E-state index contributed by atoms with van der Waals surface area (Å²) in [4.78, 5) is 57.4. The third kappa shape index (κ3) is 3.00. The van der Waals surface area contributed by atoms with Gasteiger partial charge < -0.3 is 9.47 Å². The van der Waals surface area contributed by atoms with Gasteiger partial charge in [0.2, 0.25) is 0 Å². The maximum Gasteiger partial charge on any atom is 0.344 e. The van der Waals surface area contributed by atoms with E-state index in [1.54, 1.807) is 0 Å². The van der Waals surface area contributed by atoms with Gasteiger partial charge in [0.05, 0.1) is 17.6 Å². The van der Waals surface area contributed by atoms with Crippen molar-refractivity contribution in [2.24, 2.45) is 0 Å². The summed E-state index contributed by atoms with van der Waals surface area (Å²) >= 11 is 0. The first kappa shape index (κ1) is 16.1. The number of rotatable bonds is 5. The van der Waals surface area contributed by atoms with Gasteiger partial charge in [0.1, 0.15) is 12.1 Å². The lowest BCUT2D eigenvalue weighted by atomic mass is 10.1. The standard InChI is InChI=1S/C13H10N2O8/c1-22-10(17)6-23-9(16)5-14-12(18)7-3-2-4-8(15(20)21)11(7)13(14)19/h2-4H,5-6H2,1H3. The monoisotopic (exact) mass is 322 g/mol. The normalized spacial score (nSPS) is 12.8. The lowest BCUT2D eigenvalue weighted by Crippen LogP contribution is -2.36. The molecule has 1 aromatic carbocycles. The smallest absolute Gasteiger partial charge is 0.344 e. The maximum absolute atomic E-state index is 12.2. The van der Waals surface area contributed by atoms with Crippen LogP contribution in [0.5, 0.6) is 0 Å². The lowest BCUT2D eigenvalue weighted by Gasteiger charge is -2.12. The number of methoxy groups -OCH3 is 1. The van der Waals surface area contributed by atoms with Crippen molar-refractivity contribution in [2.75, 3.05) is 20.3 Å². The predicted octanol–water partition coefficient (Wildman–Crippen LogP) is -0.0930. The number of esters is 2. The minimum absolute atomic E-state index is 0.162. The van der Waals surface area contributed by atoms with Crippen molar-refractivity contribution < 1.29 is 33.6 Å². The number of nitro benzene ring substituents is 1. The quantitative estimate of drug-likeness (QED) is 0.318. The van der Waals surface area contributed by atoms with Crippen LogP contribution in [0.3, 0.4) is 0 Å². The topological polar surface area (TPSA) is 133 Å². The number of amides is 2. The van der Waals surface area contributed by atoms with Crippen LogP contribution in [0.1, 0.15) is 20.7 Å². The SMILES string of the molecule is COC(=O)COC(=O)CN1C(=O)c2cccc([N+](=O)[O-])c2C1=O. The molecule has 0 radical (unpaired) electrons. The average molecular weight is 322 g/mol. The fraction of sp³-hybridized carbons (Fsp3) is 0.231. The Kier molecular flexibility index (Phi) is 4.35. The number of carbonyl (C=O) groups is 4. The highest BCUT2D eigenvalue weighted by Gasteiger charge is 2.41. The molecule has 0 unspecified atom stereocenters. The van der Waals surface area contributed by atoms with E-state index in [1.165, 1.54) is 12.1 Å².